The maximum atomic E-state index is 12.8. The van der Waals surface area contributed by atoms with Crippen molar-refractivity contribution < 1.29 is 14.7 Å². The molecule has 1 amide bonds. The Hall–Kier alpha value is -3.07. The molecular weight excluding hydrogens is 495 g/mol. The summed E-state index contributed by atoms with van der Waals surface area (Å²) in [6, 6.07) is 17.6. The number of aliphatic carboxylic acids is 1. The summed E-state index contributed by atoms with van der Waals surface area (Å²) in [6.45, 7) is 0.287. The van der Waals surface area contributed by atoms with Gasteiger partial charge < -0.3 is 21.9 Å². The van der Waals surface area contributed by atoms with Crippen molar-refractivity contribution >= 4 is 52.4 Å². The number of hydrogen-bond donors (Lipinski definition) is 4. The number of carbonyl (C=O) groups is 2. The maximum absolute atomic E-state index is 12.8. The second kappa shape index (κ2) is 11.9. The van der Waals surface area contributed by atoms with Crippen LogP contribution in [0.1, 0.15) is 44.4 Å². The van der Waals surface area contributed by atoms with Gasteiger partial charge in [0.2, 0.25) is 0 Å². The van der Waals surface area contributed by atoms with Crippen LogP contribution in [0.15, 0.2) is 65.7 Å². The lowest BCUT2D eigenvalue weighted by Gasteiger charge is -2.17. The molecule has 1 heterocycles. The Bertz CT molecular complexity index is 1110. The fraction of sp³-hybridized carbons (Fsp3) is 0.208. The van der Waals surface area contributed by atoms with Gasteiger partial charge >= 0.3 is 5.97 Å². The van der Waals surface area contributed by atoms with Crippen molar-refractivity contribution in [2.24, 2.45) is 16.5 Å². The molecule has 0 fully saturated rings. The van der Waals surface area contributed by atoms with E-state index in [0.29, 0.717) is 21.3 Å². The number of nitrogens with zero attached hydrogens (tertiary/aromatic N) is 1. The molecule has 0 bridgehead atoms. The van der Waals surface area contributed by atoms with Crippen LogP contribution in [0.25, 0.3) is 0 Å². The van der Waals surface area contributed by atoms with E-state index in [0.717, 1.165) is 16.0 Å². The van der Waals surface area contributed by atoms with Crippen LogP contribution < -0.4 is 16.8 Å². The summed E-state index contributed by atoms with van der Waals surface area (Å²) in [7, 11) is 0. The molecule has 0 aliphatic heterocycles. The normalized spacial score (nSPS) is 11.7. The average molecular weight is 519 g/mol. The van der Waals surface area contributed by atoms with Crippen LogP contribution >= 0.6 is 34.5 Å². The van der Waals surface area contributed by atoms with E-state index in [9.17, 15) is 14.7 Å². The van der Waals surface area contributed by atoms with Gasteiger partial charge in [0.25, 0.3) is 5.91 Å². The van der Waals surface area contributed by atoms with Crippen LogP contribution in [0.4, 0.5) is 0 Å². The molecule has 3 aromatic rings. The van der Waals surface area contributed by atoms with Gasteiger partial charge in [-0.1, -0.05) is 47.5 Å². The monoisotopic (exact) mass is 518 g/mol. The largest absolute Gasteiger partial charge is 0.480 e. The van der Waals surface area contributed by atoms with Crippen molar-refractivity contribution in [3.63, 3.8) is 0 Å². The van der Waals surface area contributed by atoms with E-state index < -0.39 is 17.9 Å². The zero-order chi connectivity index (χ0) is 24.7. The third kappa shape index (κ3) is 6.96. The van der Waals surface area contributed by atoms with Crippen LogP contribution in [0, 0.1) is 0 Å². The standard InChI is InChI=1S/C24H24Cl2N4O3S/c25-16-7-3-14(4-8-16)21(15-5-9-17(26)10-6-15)19-11-12-20(34-19)22(31)30-18(23(32)33)2-1-13-29-24(27)28/h3-12,18,21H,1-2,13H2,(H,30,31)(H,32,33)(H4,27,28,29)/t18-/m0/s1. The Morgan fingerprint density at radius 2 is 1.50 bits per heavy atom. The first-order valence-electron chi connectivity index (χ1n) is 10.4. The Labute approximate surface area is 211 Å². The van der Waals surface area contributed by atoms with Crippen molar-refractivity contribution in [2.45, 2.75) is 24.8 Å². The number of amides is 1. The number of carbonyl (C=O) groups excluding carboxylic acids is 1. The van der Waals surface area contributed by atoms with Crippen molar-refractivity contribution in [1.29, 1.82) is 0 Å². The van der Waals surface area contributed by atoms with E-state index in [-0.39, 0.29) is 24.8 Å². The van der Waals surface area contributed by atoms with E-state index in [2.05, 4.69) is 10.3 Å². The molecule has 0 aliphatic rings. The number of carboxylic acid groups (broad SMARTS) is 1. The molecule has 0 saturated heterocycles. The highest BCUT2D eigenvalue weighted by atomic mass is 35.5. The number of thiophene rings is 1. The molecule has 178 valence electrons. The number of guanidine groups is 1. The summed E-state index contributed by atoms with van der Waals surface area (Å²) < 4.78 is 0. The molecule has 0 aliphatic carbocycles. The lowest BCUT2D eigenvalue weighted by atomic mass is 9.90. The molecule has 34 heavy (non-hydrogen) atoms. The van der Waals surface area contributed by atoms with Crippen molar-refractivity contribution in [3.05, 3.63) is 91.6 Å². The highest BCUT2D eigenvalue weighted by Crippen LogP contribution is 2.37. The number of nitrogens with one attached hydrogen (secondary N) is 1. The molecule has 2 aromatic carbocycles. The summed E-state index contributed by atoms with van der Waals surface area (Å²) >= 11 is 13.5. The number of benzene rings is 2. The van der Waals surface area contributed by atoms with Gasteiger partial charge in [0.1, 0.15) is 6.04 Å². The number of carboxylic acids is 1. The maximum Gasteiger partial charge on any atom is 0.326 e. The van der Waals surface area contributed by atoms with Gasteiger partial charge in [-0.15, -0.1) is 11.3 Å². The topological polar surface area (TPSA) is 131 Å². The first kappa shape index (κ1) is 25.6. The average Bonchev–Trinajstić information content (AvgIpc) is 3.28. The number of rotatable bonds is 10. The Morgan fingerprint density at radius 1 is 0.941 bits per heavy atom. The van der Waals surface area contributed by atoms with Crippen molar-refractivity contribution in [1.82, 2.24) is 5.32 Å². The molecule has 1 aromatic heterocycles. The molecule has 3 rings (SSSR count). The van der Waals surface area contributed by atoms with E-state index in [1.807, 2.05) is 54.6 Å². The fourth-order valence-electron chi connectivity index (χ4n) is 3.45. The summed E-state index contributed by atoms with van der Waals surface area (Å²) in [6.07, 6.45) is 0.619. The third-order valence-electron chi connectivity index (χ3n) is 5.09. The zero-order valence-corrected chi connectivity index (χ0v) is 20.4. The Balaban J connectivity index is 1.81. The lowest BCUT2D eigenvalue weighted by Crippen LogP contribution is -2.40. The van der Waals surface area contributed by atoms with Crippen LogP contribution in [0.3, 0.4) is 0 Å². The number of halogens is 2. The van der Waals surface area contributed by atoms with Gasteiger partial charge in [-0.2, -0.15) is 0 Å². The van der Waals surface area contributed by atoms with Crippen LogP contribution in [0.5, 0.6) is 0 Å². The summed E-state index contributed by atoms with van der Waals surface area (Å²) in [4.78, 5) is 29.6. The SMILES string of the molecule is NC(N)=NCCC[C@H](NC(=O)c1ccc(C(c2ccc(Cl)cc2)c2ccc(Cl)cc2)s1)C(=O)O. The van der Waals surface area contributed by atoms with Crippen LogP contribution in [-0.4, -0.2) is 35.5 Å². The predicted octanol–water partition coefficient (Wildman–Crippen LogP) is 4.47. The van der Waals surface area contributed by atoms with Gasteiger partial charge in [0.15, 0.2) is 5.96 Å². The van der Waals surface area contributed by atoms with Crippen LogP contribution in [0.2, 0.25) is 10.0 Å². The summed E-state index contributed by atoms with van der Waals surface area (Å²) in [5.41, 5.74) is 12.6. The molecule has 0 saturated carbocycles. The number of hydrogen-bond acceptors (Lipinski definition) is 4. The Kier molecular flexibility index (Phi) is 8.92. The predicted molar refractivity (Wildman–Crippen MR) is 137 cm³/mol. The smallest absolute Gasteiger partial charge is 0.326 e. The molecule has 0 radical (unpaired) electrons. The molecule has 1 atom stereocenters. The van der Waals surface area contributed by atoms with E-state index >= 15 is 0 Å². The first-order chi connectivity index (χ1) is 16.2. The van der Waals surface area contributed by atoms with Gasteiger partial charge in [-0.3, -0.25) is 9.79 Å². The zero-order valence-electron chi connectivity index (χ0n) is 18.1. The first-order valence-corrected chi connectivity index (χ1v) is 12.0. The molecule has 0 unspecified atom stereocenters. The fourth-order valence-corrected chi connectivity index (χ4v) is 4.77. The number of aliphatic imine (C=N–C) groups is 1. The molecule has 10 heteroatoms. The summed E-state index contributed by atoms with van der Waals surface area (Å²) in [5, 5.41) is 13.3. The van der Waals surface area contributed by atoms with Gasteiger partial charge in [0.05, 0.1) is 4.88 Å². The van der Waals surface area contributed by atoms with E-state index in [4.69, 9.17) is 34.7 Å². The van der Waals surface area contributed by atoms with Crippen molar-refractivity contribution in [3.8, 4) is 0 Å². The quantitative estimate of drug-likeness (QED) is 0.178. The highest BCUT2D eigenvalue weighted by Gasteiger charge is 2.24. The molecule has 6 N–H and O–H groups in total. The van der Waals surface area contributed by atoms with Gasteiger partial charge in [-0.05, 0) is 60.4 Å². The molecule has 0 spiro atoms. The van der Waals surface area contributed by atoms with E-state index in [1.54, 1.807) is 6.07 Å². The second-order valence-corrected chi connectivity index (χ2v) is 9.54. The Morgan fingerprint density at radius 3 is 2.00 bits per heavy atom. The third-order valence-corrected chi connectivity index (χ3v) is 6.74. The van der Waals surface area contributed by atoms with Crippen LogP contribution in [-0.2, 0) is 4.79 Å². The minimum absolute atomic E-state index is 0.0574. The van der Waals surface area contributed by atoms with Gasteiger partial charge in [-0.25, -0.2) is 4.79 Å². The van der Waals surface area contributed by atoms with Crippen molar-refractivity contribution in [2.75, 3.05) is 6.54 Å². The molecule has 7 nitrogen and oxygen atoms in total. The van der Waals surface area contributed by atoms with E-state index in [1.165, 1.54) is 11.3 Å². The second-order valence-electron chi connectivity index (χ2n) is 7.55. The van der Waals surface area contributed by atoms with Gasteiger partial charge in [0, 0.05) is 27.4 Å². The minimum atomic E-state index is -1.12. The molecular formula is C24H24Cl2N4O3S. The highest BCUT2D eigenvalue weighted by molar-refractivity contribution is 7.14. The number of nitrogens with two attached hydrogens (primary N) is 2. The lowest BCUT2D eigenvalue weighted by molar-refractivity contribution is -0.139. The summed E-state index contributed by atoms with van der Waals surface area (Å²) in [5.74, 6) is -1.76. The minimum Gasteiger partial charge on any atom is -0.480 e.